The lowest BCUT2D eigenvalue weighted by atomic mass is 9.88. The molecular formula is C25H51N3O3. The number of nitrogens with one attached hydrogen (secondary N) is 1. The minimum Gasteiger partial charge on any atom is -0.544 e. The van der Waals surface area contributed by atoms with Gasteiger partial charge in [-0.3, -0.25) is 0 Å². The number of hydrogen-bond donors (Lipinski definition) is 2. The molecule has 2 amide bonds. The Morgan fingerprint density at radius 1 is 0.774 bits per heavy atom. The summed E-state index contributed by atoms with van der Waals surface area (Å²) in [6, 6.07) is -1.15. The highest BCUT2D eigenvalue weighted by atomic mass is 16.4. The molecule has 31 heavy (non-hydrogen) atoms. The van der Waals surface area contributed by atoms with Gasteiger partial charge < -0.3 is 25.4 Å². The van der Waals surface area contributed by atoms with E-state index >= 15 is 0 Å². The molecule has 0 spiro atoms. The zero-order valence-corrected chi connectivity index (χ0v) is 20.9. The summed E-state index contributed by atoms with van der Waals surface area (Å²) >= 11 is 0. The molecule has 0 saturated carbocycles. The third kappa shape index (κ3) is 17.0. The number of carbonyl (C=O) groups excluding carboxylic acids is 2. The Morgan fingerprint density at radius 2 is 1.19 bits per heavy atom. The van der Waals surface area contributed by atoms with Gasteiger partial charge in [-0.2, -0.15) is 0 Å². The molecule has 6 nitrogen and oxygen atoms in total. The average molecular weight is 442 g/mol. The van der Waals surface area contributed by atoms with E-state index in [4.69, 9.17) is 5.73 Å². The van der Waals surface area contributed by atoms with Crippen LogP contribution in [0, 0.1) is 5.92 Å². The number of unbranched alkanes of at least 4 members (excludes halogenated alkanes) is 13. The first-order valence-electron chi connectivity index (χ1n) is 12.8. The smallest absolute Gasteiger partial charge is 0.312 e. The van der Waals surface area contributed by atoms with Gasteiger partial charge in [0.05, 0.1) is 27.1 Å². The van der Waals surface area contributed by atoms with Gasteiger partial charge in [-0.1, -0.05) is 96.8 Å². The molecule has 0 aliphatic carbocycles. The van der Waals surface area contributed by atoms with Crippen LogP contribution in [-0.2, 0) is 4.79 Å². The minimum atomic E-state index is -1.01. The molecule has 0 aliphatic rings. The molecule has 0 radical (unpaired) electrons. The minimum absolute atomic E-state index is 0.0332. The molecule has 3 N–H and O–H groups in total. The fourth-order valence-electron chi connectivity index (χ4n) is 4.58. The second-order valence-electron chi connectivity index (χ2n) is 10.1. The van der Waals surface area contributed by atoms with Crippen molar-refractivity contribution >= 4 is 12.0 Å². The van der Waals surface area contributed by atoms with Crippen LogP contribution in [0.5, 0.6) is 0 Å². The van der Waals surface area contributed by atoms with E-state index in [9.17, 15) is 14.7 Å². The van der Waals surface area contributed by atoms with Crippen LogP contribution in [0.2, 0.25) is 0 Å². The fourth-order valence-corrected chi connectivity index (χ4v) is 4.58. The number of carbonyl (C=O) groups is 2. The maximum Gasteiger partial charge on any atom is 0.312 e. The molecular weight excluding hydrogens is 390 g/mol. The third-order valence-electron chi connectivity index (χ3n) is 6.27. The quantitative estimate of drug-likeness (QED) is 0.205. The summed E-state index contributed by atoms with van der Waals surface area (Å²) in [5.41, 5.74) is 5.15. The number of urea groups is 1. The summed E-state index contributed by atoms with van der Waals surface area (Å²) in [5, 5.41) is 14.4. The predicted octanol–water partition coefficient (Wildman–Crippen LogP) is 4.36. The molecule has 2 unspecified atom stereocenters. The summed E-state index contributed by atoms with van der Waals surface area (Å²) < 4.78 is 0.322. The lowest BCUT2D eigenvalue weighted by Crippen LogP contribution is -2.58. The largest absolute Gasteiger partial charge is 0.544 e. The molecule has 0 fully saturated rings. The molecule has 0 rings (SSSR count). The summed E-state index contributed by atoms with van der Waals surface area (Å²) in [4.78, 5) is 22.8. The van der Waals surface area contributed by atoms with Crippen LogP contribution in [0.1, 0.15) is 110 Å². The van der Waals surface area contributed by atoms with Crippen molar-refractivity contribution in [1.82, 2.24) is 5.32 Å². The lowest BCUT2D eigenvalue weighted by Gasteiger charge is -2.40. The fraction of sp³-hybridized carbons (Fsp3) is 0.920. The van der Waals surface area contributed by atoms with E-state index in [1.807, 2.05) is 21.1 Å². The van der Waals surface area contributed by atoms with Crippen molar-refractivity contribution in [2.45, 2.75) is 116 Å². The van der Waals surface area contributed by atoms with Crippen LogP contribution in [0.4, 0.5) is 4.79 Å². The maximum absolute atomic E-state index is 11.8. The van der Waals surface area contributed by atoms with E-state index in [-0.39, 0.29) is 5.92 Å². The van der Waals surface area contributed by atoms with Crippen LogP contribution in [0.3, 0.4) is 0 Å². The number of primary amides is 1. The van der Waals surface area contributed by atoms with Crippen LogP contribution >= 0.6 is 0 Å². The van der Waals surface area contributed by atoms with E-state index in [0.29, 0.717) is 17.4 Å². The first kappa shape index (κ1) is 29.7. The van der Waals surface area contributed by atoms with Crippen molar-refractivity contribution in [3.05, 3.63) is 0 Å². The Hall–Kier alpha value is -1.30. The van der Waals surface area contributed by atoms with Crippen molar-refractivity contribution in [3.8, 4) is 0 Å². The Bertz CT molecular complexity index is 463. The van der Waals surface area contributed by atoms with Crippen LogP contribution in [-0.4, -0.2) is 50.2 Å². The average Bonchev–Trinajstić information content (AvgIpc) is 2.66. The van der Waals surface area contributed by atoms with Gasteiger partial charge in [0, 0.05) is 12.5 Å². The number of hydrogen-bond acceptors (Lipinski definition) is 3. The molecule has 0 aromatic rings. The van der Waals surface area contributed by atoms with Crippen molar-refractivity contribution in [1.29, 1.82) is 0 Å². The van der Waals surface area contributed by atoms with Crippen molar-refractivity contribution in [3.63, 3.8) is 0 Å². The van der Waals surface area contributed by atoms with E-state index in [1.54, 1.807) is 0 Å². The van der Waals surface area contributed by atoms with Crippen LogP contribution in [0.25, 0.3) is 0 Å². The van der Waals surface area contributed by atoms with Crippen LogP contribution < -0.4 is 16.2 Å². The maximum atomic E-state index is 11.8. The summed E-state index contributed by atoms with van der Waals surface area (Å²) in [6.07, 6.45) is 19.8. The number of quaternary nitrogens is 1. The Morgan fingerprint density at radius 3 is 1.55 bits per heavy atom. The molecule has 0 aromatic carbocycles. The SMILES string of the molecule is CCCCCCCCCCCCCCCCC(CCNC(N)=O)C(C(=O)[O-])[N+](C)(C)C. The standard InChI is InChI=1S/C25H51N3O3/c1-5-6-7-8-9-10-11-12-13-14-15-16-17-18-19-22(20-21-27-25(26)31)23(24(29)30)28(2,3)4/h22-23H,5-21H2,1-4H3,(H3-,26,27,29,30,31). The molecule has 2 atom stereocenters. The normalized spacial score (nSPS) is 13.7. The second-order valence-corrected chi connectivity index (χ2v) is 10.1. The monoisotopic (exact) mass is 441 g/mol. The van der Waals surface area contributed by atoms with E-state index in [2.05, 4.69) is 12.2 Å². The number of carboxylic acids is 1. The molecule has 0 saturated heterocycles. The Kier molecular flexibility index (Phi) is 17.5. The molecule has 184 valence electrons. The van der Waals surface area contributed by atoms with Crippen molar-refractivity contribution in [2.75, 3.05) is 27.7 Å². The molecule has 0 heterocycles. The topological polar surface area (TPSA) is 95.2 Å². The van der Waals surface area contributed by atoms with Crippen molar-refractivity contribution in [2.24, 2.45) is 11.7 Å². The summed E-state index contributed by atoms with van der Waals surface area (Å²) in [7, 11) is 5.67. The van der Waals surface area contributed by atoms with Gasteiger partial charge in [-0.25, -0.2) is 4.79 Å². The van der Waals surface area contributed by atoms with Gasteiger partial charge >= 0.3 is 6.03 Å². The van der Waals surface area contributed by atoms with Gasteiger partial charge in [-0.05, 0) is 12.8 Å². The number of amides is 2. The first-order chi connectivity index (χ1) is 14.7. The number of carboxylic acid groups (broad SMARTS) is 1. The summed E-state index contributed by atoms with van der Waals surface area (Å²) in [5.74, 6) is -1.05. The summed E-state index contributed by atoms with van der Waals surface area (Å²) in [6.45, 7) is 2.67. The number of nitrogens with zero attached hydrogens (tertiary/aromatic N) is 1. The van der Waals surface area contributed by atoms with Gasteiger partial charge in [0.2, 0.25) is 0 Å². The van der Waals surface area contributed by atoms with E-state index < -0.39 is 18.0 Å². The second kappa shape index (κ2) is 18.3. The number of likely N-dealkylation sites (N-methyl/N-ethyl adjacent to an activating group) is 1. The predicted molar refractivity (Wildman–Crippen MR) is 127 cm³/mol. The highest BCUT2D eigenvalue weighted by Gasteiger charge is 2.33. The molecule has 6 heteroatoms. The number of rotatable bonds is 21. The highest BCUT2D eigenvalue weighted by Crippen LogP contribution is 2.24. The van der Waals surface area contributed by atoms with E-state index in [1.165, 1.54) is 77.0 Å². The van der Waals surface area contributed by atoms with E-state index in [0.717, 1.165) is 19.3 Å². The number of nitrogens with two attached hydrogens (primary N) is 1. The molecule has 0 bridgehead atoms. The van der Waals surface area contributed by atoms with Gasteiger partial charge in [0.15, 0.2) is 0 Å². The molecule has 0 aliphatic heterocycles. The molecule has 0 aromatic heterocycles. The van der Waals surface area contributed by atoms with Gasteiger partial charge in [-0.15, -0.1) is 0 Å². The van der Waals surface area contributed by atoms with Crippen LogP contribution in [0.15, 0.2) is 0 Å². The van der Waals surface area contributed by atoms with Gasteiger partial charge in [0.25, 0.3) is 0 Å². The van der Waals surface area contributed by atoms with Crippen molar-refractivity contribution < 1.29 is 19.2 Å². The lowest BCUT2D eigenvalue weighted by molar-refractivity contribution is -0.893. The Labute approximate surface area is 191 Å². The third-order valence-corrected chi connectivity index (χ3v) is 6.27. The Balaban J connectivity index is 4.01. The zero-order valence-electron chi connectivity index (χ0n) is 20.9. The highest BCUT2D eigenvalue weighted by molar-refractivity contribution is 5.71. The first-order valence-corrected chi connectivity index (χ1v) is 12.8. The zero-order chi connectivity index (χ0) is 23.5. The number of aliphatic carboxylic acids is 1. The van der Waals surface area contributed by atoms with Gasteiger partial charge in [0.1, 0.15) is 6.04 Å².